The first-order valence-electron chi connectivity index (χ1n) is 11.3. The normalized spacial score (nSPS) is 12.2. The fraction of sp³-hybridized carbons (Fsp3) is 0.179. The zero-order valence-corrected chi connectivity index (χ0v) is 20.1. The second-order valence-electron chi connectivity index (χ2n) is 8.48. The van der Waals surface area contributed by atoms with E-state index in [1.807, 2.05) is 48.7 Å². The van der Waals surface area contributed by atoms with E-state index in [1.54, 1.807) is 6.92 Å². The second kappa shape index (κ2) is 8.88. The maximum atomic E-state index is 13.6. The molecule has 1 atom stereocenters. The molecule has 0 aliphatic carbocycles. The molecule has 1 N–H and O–H groups in total. The van der Waals surface area contributed by atoms with Crippen LogP contribution in [0.2, 0.25) is 0 Å². The third-order valence-corrected chi connectivity index (χ3v) is 7.25. The Labute approximate surface area is 201 Å². The number of carbonyl (C=O) groups excluding carboxylic acids is 1. The van der Waals surface area contributed by atoms with Gasteiger partial charge in [-0.2, -0.15) is 0 Å². The first kappa shape index (κ1) is 22.0. The fourth-order valence-corrected chi connectivity index (χ4v) is 5.25. The topological polar surface area (TPSA) is 64.0 Å². The molecule has 5 rings (SSSR count). The number of rotatable bonds is 5. The van der Waals surface area contributed by atoms with Gasteiger partial charge in [0.05, 0.1) is 11.7 Å². The summed E-state index contributed by atoms with van der Waals surface area (Å²) in [4.78, 5) is 31.9. The van der Waals surface area contributed by atoms with Gasteiger partial charge < -0.3 is 5.32 Å². The molecule has 5 aromatic rings. The third kappa shape index (κ3) is 3.80. The molecule has 1 amide bonds. The molecule has 5 nitrogen and oxygen atoms in total. The van der Waals surface area contributed by atoms with E-state index in [-0.39, 0.29) is 11.5 Å². The number of benzene rings is 3. The zero-order valence-electron chi connectivity index (χ0n) is 19.3. The van der Waals surface area contributed by atoms with Crippen molar-refractivity contribution >= 4 is 43.9 Å². The number of anilines is 1. The van der Waals surface area contributed by atoms with Crippen LogP contribution in [0.5, 0.6) is 0 Å². The Morgan fingerprint density at radius 3 is 2.68 bits per heavy atom. The molecule has 3 aromatic carbocycles. The van der Waals surface area contributed by atoms with Crippen LogP contribution in [0.3, 0.4) is 0 Å². The Hall–Kier alpha value is -3.77. The number of nitrogens with one attached hydrogen (secondary N) is 1. The highest BCUT2D eigenvalue weighted by Gasteiger charge is 2.21. The average molecular weight is 468 g/mol. The molecule has 6 heteroatoms. The average Bonchev–Trinajstić information content (AvgIpc) is 3.30. The summed E-state index contributed by atoms with van der Waals surface area (Å²) < 4.78 is 1.43. The molecule has 0 radical (unpaired) electrons. The van der Waals surface area contributed by atoms with E-state index in [4.69, 9.17) is 0 Å². The molecule has 34 heavy (non-hydrogen) atoms. The van der Waals surface area contributed by atoms with Gasteiger partial charge in [-0.15, -0.1) is 11.3 Å². The van der Waals surface area contributed by atoms with Crippen LogP contribution in [0.15, 0.2) is 77.2 Å². The van der Waals surface area contributed by atoms with E-state index in [9.17, 15) is 9.59 Å². The molecular weight excluding hydrogens is 442 g/mol. The molecule has 0 aliphatic rings. The molecule has 2 aromatic heterocycles. The highest BCUT2D eigenvalue weighted by atomic mass is 32.1. The Morgan fingerprint density at radius 1 is 1.09 bits per heavy atom. The van der Waals surface area contributed by atoms with Crippen molar-refractivity contribution in [2.75, 3.05) is 5.32 Å². The third-order valence-electron chi connectivity index (χ3n) is 6.36. The summed E-state index contributed by atoms with van der Waals surface area (Å²) in [6, 6.07) is 19.6. The highest BCUT2D eigenvalue weighted by molar-refractivity contribution is 7.17. The summed E-state index contributed by atoms with van der Waals surface area (Å²) in [7, 11) is 0. The summed E-state index contributed by atoms with van der Waals surface area (Å²) in [5.74, 6) is -0.241. The van der Waals surface area contributed by atoms with Crippen LogP contribution < -0.4 is 10.9 Å². The molecule has 1 unspecified atom stereocenters. The lowest BCUT2D eigenvalue weighted by Crippen LogP contribution is -2.32. The van der Waals surface area contributed by atoms with Gasteiger partial charge in [0.15, 0.2) is 0 Å². The summed E-state index contributed by atoms with van der Waals surface area (Å²) >= 11 is 1.44. The predicted molar refractivity (Wildman–Crippen MR) is 141 cm³/mol. The quantitative estimate of drug-likeness (QED) is 0.328. The van der Waals surface area contributed by atoms with E-state index in [0.717, 1.165) is 45.1 Å². The summed E-state index contributed by atoms with van der Waals surface area (Å²) in [5.41, 5.74) is 4.48. The molecule has 0 aliphatic heterocycles. The Bertz CT molecular complexity index is 1600. The molecule has 0 spiro atoms. The van der Waals surface area contributed by atoms with E-state index in [1.165, 1.54) is 22.2 Å². The van der Waals surface area contributed by atoms with Crippen LogP contribution in [-0.4, -0.2) is 15.5 Å². The first-order valence-corrected chi connectivity index (χ1v) is 12.2. The SMILES string of the molecule is CCc1cccc(C)c1NC(=O)C(C)n1cnc2scc(-c3ccc4ccccc4c3)c2c1=O. The van der Waals surface area contributed by atoms with Crippen LogP contribution in [0.4, 0.5) is 5.69 Å². The minimum atomic E-state index is -0.710. The molecule has 0 bridgehead atoms. The number of amides is 1. The number of aromatic nitrogens is 2. The van der Waals surface area contributed by atoms with Gasteiger partial charge in [0, 0.05) is 16.6 Å². The number of nitrogens with zero attached hydrogens (tertiary/aromatic N) is 2. The van der Waals surface area contributed by atoms with Crippen LogP contribution in [0, 0.1) is 6.92 Å². The predicted octanol–water partition coefficient (Wildman–Crippen LogP) is 6.35. The summed E-state index contributed by atoms with van der Waals surface area (Å²) in [5, 5.41) is 7.82. The van der Waals surface area contributed by atoms with E-state index in [2.05, 4.69) is 41.5 Å². The van der Waals surface area contributed by atoms with Crippen LogP contribution in [0.1, 0.15) is 31.0 Å². The molecular formula is C28H25N3O2S. The van der Waals surface area contributed by atoms with Gasteiger partial charge in [-0.25, -0.2) is 4.98 Å². The number of hydrogen-bond donors (Lipinski definition) is 1. The van der Waals surface area contributed by atoms with Gasteiger partial charge in [-0.1, -0.05) is 61.5 Å². The Kier molecular flexibility index (Phi) is 5.75. The van der Waals surface area contributed by atoms with Crippen molar-refractivity contribution in [1.82, 2.24) is 9.55 Å². The minimum absolute atomic E-state index is 0.211. The van der Waals surface area contributed by atoms with E-state index in [0.29, 0.717) is 10.2 Å². The smallest absolute Gasteiger partial charge is 0.263 e. The lowest BCUT2D eigenvalue weighted by atomic mass is 10.0. The van der Waals surface area contributed by atoms with Crippen molar-refractivity contribution in [2.45, 2.75) is 33.2 Å². The maximum Gasteiger partial charge on any atom is 0.263 e. The number of fused-ring (bicyclic) bond motifs is 2. The monoisotopic (exact) mass is 467 g/mol. The van der Waals surface area contributed by atoms with E-state index >= 15 is 0 Å². The van der Waals surface area contributed by atoms with Gasteiger partial charge in [-0.05, 0) is 53.8 Å². The first-order chi connectivity index (χ1) is 16.5. The highest BCUT2D eigenvalue weighted by Crippen LogP contribution is 2.33. The molecule has 0 saturated carbocycles. The number of thiophene rings is 1. The lowest BCUT2D eigenvalue weighted by Gasteiger charge is -2.18. The number of hydrogen-bond acceptors (Lipinski definition) is 4. The molecule has 0 saturated heterocycles. The van der Waals surface area contributed by atoms with Crippen LogP contribution in [0.25, 0.3) is 32.1 Å². The van der Waals surface area contributed by atoms with Crippen LogP contribution in [-0.2, 0) is 11.2 Å². The summed E-state index contributed by atoms with van der Waals surface area (Å²) in [6.07, 6.45) is 2.29. The van der Waals surface area contributed by atoms with Gasteiger partial charge in [0.2, 0.25) is 5.91 Å². The molecule has 0 fully saturated rings. The van der Waals surface area contributed by atoms with Gasteiger partial charge >= 0.3 is 0 Å². The van der Waals surface area contributed by atoms with Gasteiger partial charge in [-0.3, -0.25) is 14.2 Å². The van der Waals surface area contributed by atoms with Crippen molar-refractivity contribution in [3.8, 4) is 11.1 Å². The number of aryl methyl sites for hydroxylation is 2. The Balaban J connectivity index is 1.54. The van der Waals surface area contributed by atoms with E-state index < -0.39 is 6.04 Å². The molecule has 170 valence electrons. The van der Waals surface area contributed by atoms with Crippen molar-refractivity contribution in [1.29, 1.82) is 0 Å². The lowest BCUT2D eigenvalue weighted by molar-refractivity contribution is -0.118. The van der Waals surface area contributed by atoms with Crippen molar-refractivity contribution in [2.24, 2.45) is 0 Å². The maximum absolute atomic E-state index is 13.6. The van der Waals surface area contributed by atoms with Crippen molar-refractivity contribution < 1.29 is 4.79 Å². The standard InChI is InChI=1S/C28H25N3O2S/c1-4-19-11-7-8-17(2)25(19)30-26(32)18(3)31-16-29-27-24(28(31)33)23(15-34-27)22-13-12-20-9-5-6-10-21(20)14-22/h5-16,18H,4H2,1-3H3,(H,30,32). The van der Waals surface area contributed by atoms with Crippen molar-refractivity contribution in [3.05, 3.63) is 93.9 Å². The van der Waals surface area contributed by atoms with Gasteiger partial charge in [0.1, 0.15) is 10.9 Å². The molecule has 2 heterocycles. The minimum Gasteiger partial charge on any atom is -0.324 e. The number of carbonyl (C=O) groups is 1. The summed E-state index contributed by atoms with van der Waals surface area (Å²) in [6.45, 7) is 5.76. The fourth-order valence-electron chi connectivity index (χ4n) is 4.35. The zero-order chi connectivity index (χ0) is 23.8. The largest absolute Gasteiger partial charge is 0.324 e. The number of para-hydroxylation sites is 1. The Morgan fingerprint density at radius 2 is 1.88 bits per heavy atom. The van der Waals surface area contributed by atoms with Gasteiger partial charge in [0.25, 0.3) is 5.56 Å². The van der Waals surface area contributed by atoms with Crippen molar-refractivity contribution in [3.63, 3.8) is 0 Å². The second-order valence-corrected chi connectivity index (χ2v) is 9.33. The van der Waals surface area contributed by atoms with Crippen LogP contribution >= 0.6 is 11.3 Å².